The molecule has 2 nitrogen and oxygen atoms in total. The lowest BCUT2D eigenvalue weighted by Crippen LogP contribution is -1.86. The van der Waals surface area contributed by atoms with Crippen molar-refractivity contribution >= 4 is 17.0 Å². The molecule has 14 heavy (non-hydrogen) atoms. The van der Waals surface area contributed by atoms with Crippen LogP contribution in [-0.4, -0.2) is 4.98 Å². The van der Waals surface area contributed by atoms with E-state index in [1.807, 2.05) is 30.3 Å². The predicted molar refractivity (Wildman–Crippen MR) is 56.5 cm³/mol. The fourth-order valence-electron chi connectivity index (χ4n) is 1.40. The minimum atomic E-state index is 0.437. The molecule has 0 bridgehead atoms. The zero-order chi connectivity index (χ0) is 9.97. The van der Waals surface area contributed by atoms with Crippen LogP contribution in [0.4, 0.5) is 0 Å². The van der Waals surface area contributed by atoms with Gasteiger partial charge in [0.15, 0.2) is 0 Å². The first-order chi connectivity index (χ1) is 6.85. The zero-order valence-electron chi connectivity index (χ0n) is 7.57. The van der Waals surface area contributed by atoms with Crippen LogP contribution in [0.3, 0.4) is 0 Å². The number of nitriles is 1. The van der Waals surface area contributed by atoms with Crippen molar-refractivity contribution in [3.05, 3.63) is 48.2 Å². The molecule has 0 saturated carbocycles. The van der Waals surface area contributed by atoms with Crippen molar-refractivity contribution in [3.63, 3.8) is 0 Å². The predicted octanol–water partition coefficient (Wildman–Crippen LogP) is 2.75. The SMILES string of the molecule is C=Cc1cccc2ccc(C#N)nc12. The van der Waals surface area contributed by atoms with Crippen LogP contribution in [0, 0.1) is 11.3 Å². The van der Waals surface area contributed by atoms with Crippen molar-refractivity contribution in [2.24, 2.45) is 0 Å². The fraction of sp³-hybridized carbons (Fsp3) is 0. The molecule has 0 saturated heterocycles. The zero-order valence-corrected chi connectivity index (χ0v) is 7.57. The van der Waals surface area contributed by atoms with E-state index in [0.717, 1.165) is 16.5 Å². The topological polar surface area (TPSA) is 36.7 Å². The molecule has 0 radical (unpaired) electrons. The number of benzene rings is 1. The summed E-state index contributed by atoms with van der Waals surface area (Å²) in [5.74, 6) is 0. The normalized spacial score (nSPS) is 9.64. The highest BCUT2D eigenvalue weighted by molar-refractivity contribution is 5.87. The number of nitrogens with zero attached hydrogens (tertiary/aromatic N) is 2. The molecular weight excluding hydrogens is 172 g/mol. The van der Waals surface area contributed by atoms with Crippen LogP contribution in [0.15, 0.2) is 36.9 Å². The van der Waals surface area contributed by atoms with Crippen molar-refractivity contribution in [3.8, 4) is 6.07 Å². The van der Waals surface area contributed by atoms with Gasteiger partial charge >= 0.3 is 0 Å². The van der Waals surface area contributed by atoms with Crippen molar-refractivity contribution in [1.29, 1.82) is 5.26 Å². The van der Waals surface area contributed by atoms with Gasteiger partial charge in [-0.15, -0.1) is 0 Å². The minimum Gasteiger partial charge on any atom is -0.236 e. The molecule has 2 rings (SSSR count). The first kappa shape index (κ1) is 8.46. The number of aromatic nitrogens is 1. The van der Waals surface area contributed by atoms with E-state index in [9.17, 15) is 0 Å². The highest BCUT2D eigenvalue weighted by Crippen LogP contribution is 2.17. The highest BCUT2D eigenvalue weighted by atomic mass is 14.7. The third-order valence-corrected chi connectivity index (χ3v) is 2.09. The first-order valence-corrected chi connectivity index (χ1v) is 4.27. The quantitative estimate of drug-likeness (QED) is 0.676. The second kappa shape index (κ2) is 3.31. The molecule has 0 N–H and O–H groups in total. The summed E-state index contributed by atoms with van der Waals surface area (Å²) in [5.41, 5.74) is 2.23. The smallest absolute Gasteiger partial charge is 0.141 e. The maximum absolute atomic E-state index is 8.72. The van der Waals surface area contributed by atoms with Crippen LogP contribution < -0.4 is 0 Å². The molecule has 2 aromatic rings. The molecule has 1 aromatic heterocycles. The average molecular weight is 180 g/mol. The van der Waals surface area contributed by atoms with Crippen molar-refractivity contribution in [1.82, 2.24) is 4.98 Å². The first-order valence-electron chi connectivity index (χ1n) is 4.27. The van der Waals surface area contributed by atoms with Gasteiger partial charge in [0.05, 0.1) is 5.52 Å². The number of para-hydroxylation sites is 1. The average Bonchev–Trinajstić information content (AvgIpc) is 2.27. The van der Waals surface area contributed by atoms with E-state index >= 15 is 0 Å². The molecule has 0 fully saturated rings. The van der Waals surface area contributed by atoms with Gasteiger partial charge in [0, 0.05) is 10.9 Å². The maximum atomic E-state index is 8.72. The Morgan fingerprint density at radius 1 is 1.29 bits per heavy atom. The van der Waals surface area contributed by atoms with Gasteiger partial charge in [0.1, 0.15) is 11.8 Å². The van der Waals surface area contributed by atoms with Gasteiger partial charge in [-0.25, -0.2) is 4.98 Å². The summed E-state index contributed by atoms with van der Waals surface area (Å²) in [6.07, 6.45) is 1.75. The second-order valence-electron chi connectivity index (χ2n) is 2.93. The number of pyridine rings is 1. The second-order valence-corrected chi connectivity index (χ2v) is 2.93. The number of hydrogen-bond donors (Lipinski definition) is 0. The lowest BCUT2D eigenvalue weighted by molar-refractivity contribution is 1.32. The van der Waals surface area contributed by atoms with Crippen LogP contribution in [-0.2, 0) is 0 Å². The van der Waals surface area contributed by atoms with E-state index in [-0.39, 0.29) is 0 Å². The fourth-order valence-corrected chi connectivity index (χ4v) is 1.40. The Hall–Kier alpha value is -2.14. The van der Waals surface area contributed by atoms with Gasteiger partial charge in [0.25, 0.3) is 0 Å². The Kier molecular flexibility index (Phi) is 2.00. The molecule has 2 heteroatoms. The van der Waals surface area contributed by atoms with E-state index in [0.29, 0.717) is 5.69 Å². The van der Waals surface area contributed by atoms with Gasteiger partial charge in [-0.1, -0.05) is 30.9 Å². The van der Waals surface area contributed by atoms with Crippen molar-refractivity contribution < 1.29 is 0 Å². The van der Waals surface area contributed by atoms with E-state index in [2.05, 4.69) is 11.6 Å². The Labute approximate surface area is 82.1 Å². The summed E-state index contributed by atoms with van der Waals surface area (Å²) in [7, 11) is 0. The molecule has 0 amide bonds. The van der Waals surface area contributed by atoms with Crippen LogP contribution >= 0.6 is 0 Å². The molecule has 1 heterocycles. The summed E-state index contributed by atoms with van der Waals surface area (Å²) in [4.78, 5) is 4.23. The van der Waals surface area contributed by atoms with E-state index < -0.39 is 0 Å². The molecule has 0 aliphatic heterocycles. The molecule has 0 spiro atoms. The summed E-state index contributed by atoms with van der Waals surface area (Å²) in [6.45, 7) is 3.71. The lowest BCUT2D eigenvalue weighted by Gasteiger charge is -2.00. The van der Waals surface area contributed by atoms with Crippen LogP contribution in [0.2, 0.25) is 0 Å². The van der Waals surface area contributed by atoms with Crippen molar-refractivity contribution in [2.75, 3.05) is 0 Å². The molecule has 0 atom stereocenters. The van der Waals surface area contributed by atoms with Gasteiger partial charge in [0.2, 0.25) is 0 Å². The standard InChI is InChI=1S/C12H8N2/c1-2-9-4-3-5-10-6-7-11(8-13)14-12(9)10/h2-7H,1H2. The van der Waals surface area contributed by atoms with Gasteiger partial charge in [-0.2, -0.15) is 5.26 Å². The third kappa shape index (κ3) is 1.25. The lowest BCUT2D eigenvalue weighted by atomic mass is 10.1. The molecule has 1 aromatic carbocycles. The number of rotatable bonds is 1. The van der Waals surface area contributed by atoms with Crippen LogP contribution in [0.5, 0.6) is 0 Å². The van der Waals surface area contributed by atoms with Gasteiger partial charge < -0.3 is 0 Å². The molecule has 0 aliphatic carbocycles. The van der Waals surface area contributed by atoms with Crippen LogP contribution in [0.25, 0.3) is 17.0 Å². The van der Waals surface area contributed by atoms with Gasteiger partial charge in [-0.3, -0.25) is 0 Å². The van der Waals surface area contributed by atoms with Crippen molar-refractivity contribution in [2.45, 2.75) is 0 Å². The highest BCUT2D eigenvalue weighted by Gasteiger charge is 2.00. The molecule has 66 valence electrons. The third-order valence-electron chi connectivity index (χ3n) is 2.09. The minimum absolute atomic E-state index is 0.437. The van der Waals surface area contributed by atoms with E-state index in [1.165, 1.54) is 0 Å². The monoisotopic (exact) mass is 180 g/mol. The Balaban J connectivity index is 2.84. The molecular formula is C12H8N2. The van der Waals surface area contributed by atoms with Gasteiger partial charge in [-0.05, 0) is 12.1 Å². The number of hydrogen-bond acceptors (Lipinski definition) is 2. The Bertz CT molecular complexity index is 536. The summed E-state index contributed by atoms with van der Waals surface area (Å²) in [6, 6.07) is 11.5. The molecule has 0 unspecified atom stereocenters. The Morgan fingerprint density at radius 2 is 2.14 bits per heavy atom. The largest absolute Gasteiger partial charge is 0.236 e. The number of fused-ring (bicyclic) bond motifs is 1. The van der Waals surface area contributed by atoms with E-state index in [1.54, 1.807) is 12.1 Å². The molecule has 0 aliphatic rings. The van der Waals surface area contributed by atoms with Crippen LogP contribution in [0.1, 0.15) is 11.3 Å². The Morgan fingerprint density at radius 3 is 2.86 bits per heavy atom. The van der Waals surface area contributed by atoms with E-state index in [4.69, 9.17) is 5.26 Å². The summed E-state index contributed by atoms with van der Waals surface area (Å²) in [5, 5.41) is 9.75. The summed E-state index contributed by atoms with van der Waals surface area (Å²) < 4.78 is 0. The maximum Gasteiger partial charge on any atom is 0.141 e. The summed E-state index contributed by atoms with van der Waals surface area (Å²) >= 11 is 0.